The normalized spacial score (nSPS) is 11.2. The van der Waals surface area contributed by atoms with Gasteiger partial charge in [-0.05, 0) is 71.8 Å². The molecular weight excluding hydrogens is 611 g/mol. The lowest BCUT2D eigenvalue weighted by Gasteiger charge is -2.26. The van der Waals surface area contributed by atoms with Crippen LogP contribution in [0.15, 0.2) is 188 Å². The van der Waals surface area contributed by atoms with Crippen LogP contribution >= 0.6 is 0 Å². The first-order chi connectivity index (χ1) is 24.8. The Hall–Kier alpha value is -6.85. The van der Waals surface area contributed by atoms with Crippen molar-refractivity contribution in [1.82, 2.24) is 19.4 Å². The minimum atomic E-state index is 0.858. The SMILES string of the molecule is c1ccc(-c2ccc(N(c3ccc(-c4cn5ccccc5n4)cc3)c3ccc(-c4nc5ccccc5nc4-c4ccccc4)cc3)cc2)cc1. The highest BCUT2D eigenvalue weighted by Gasteiger charge is 2.17. The summed E-state index contributed by atoms with van der Waals surface area (Å²) in [6.07, 6.45) is 4.10. The van der Waals surface area contributed by atoms with E-state index in [1.54, 1.807) is 0 Å². The first kappa shape index (κ1) is 29.3. The molecule has 9 rings (SSSR count). The summed E-state index contributed by atoms with van der Waals surface area (Å²) in [6.45, 7) is 0. The van der Waals surface area contributed by atoms with Crippen LogP contribution in [0, 0.1) is 0 Å². The van der Waals surface area contributed by atoms with E-state index >= 15 is 0 Å². The average Bonchev–Trinajstić information content (AvgIpc) is 3.64. The van der Waals surface area contributed by atoms with Gasteiger partial charge >= 0.3 is 0 Å². The van der Waals surface area contributed by atoms with Gasteiger partial charge in [0.05, 0.1) is 28.1 Å². The van der Waals surface area contributed by atoms with Gasteiger partial charge in [0.25, 0.3) is 0 Å². The number of nitrogens with zero attached hydrogens (tertiary/aromatic N) is 5. The van der Waals surface area contributed by atoms with Gasteiger partial charge in [0.1, 0.15) is 5.65 Å². The summed E-state index contributed by atoms with van der Waals surface area (Å²) in [5.74, 6) is 0. The van der Waals surface area contributed by atoms with Crippen molar-refractivity contribution in [3.63, 3.8) is 0 Å². The Bertz CT molecular complexity index is 2530. The molecule has 9 aromatic rings. The van der Waals surface area contributed by atoms with E-state index in [0.717, 1.165) is 67.5 Å². The second kappa shape index (κ2) is 12.6. The standard InChI is InChI=1S/C45H31N5/c1-3-11-32(12-4-1)33-18-24-37(25-19-33)50(38-26-20-34(21-27-38)42-31-49-30-10-9-17-43(49)46-42)39-28-22-36(23-29-39)45-44(35-13-5-2-6-14-35)47-40-15-7-8-16-41(40)48-45/h1-31H. The van der Waals surface area contributed by atoms with Gasteiger partial charge in [-0.25, -0.2) is 15.0 Å². The highest BCUT2D eigenvalue weighted by molar-refractivity contribution is 5.87. The van der Waals surface area contributed by atoms with Gasteiger partial charge < -0.3 is 9.30 Å². The van der Waals surface area contributed by atoms with Crippen LogP contribution in [0.2, 0.25) is 0 Å². The van der Waals surface area contributed by atoms with Gasteiger partial charge in [0.15, 0.2) is 0 Å². The predicted molar refractivity (Wildman–Crippen MR) is 205 cm³/mol. The van der Waals surface area contributed by atoms with Gasteiger partial charge in [0, 0.05) is 46.1 Å². The molecule has 0 aliphatic carbocycles. The maximum Gasteiger partial charge on any atom is 0.137 e. The quantitative estimate of drug-likeness (QED) is 0.174. The number of pyridine rings is 1. The van der Waals surface area contributed by atoms with Crippen molar-refractivity contribution in [2.75, 3.05) is 4.90 Å². The van der Waals surface area contributed by atoms with Crippen molar-refractivity contribution < 1.29 is 0 Å². The number of para-hydroxylation sites is 2. The van der Waals surface area contributed by atoms with Gasteiger partial charge in [-0.15, -0.1) is 0 Å². The molecule has 3 aromatic heterocycles. The number of rotatable bonds is 7. The molecule has 0 spiro atoms. The molecule has 5 nitrogen and oxygen atoms in total. The van der Waals surface area contributed by atoms with E-state index in [1.165, 1.54) is 11.1 Å². The number of hydrogen-bond donors (Lipinski definition) is 0. The molecule has 0 saturated heterocycles. The molecule has 0 atom stereocenters. The molecule has 0 bridgehead atoms. The maximum atomic E-state index is 5.12. The van der Waals surface area contributed by atoms with E-state index < -0.39 is 0 Å². The number of hydrogen-bond acceptors (Lipinski definition) is 4. The zero-order valence-corrected chi connectivity index (χ0v) is 27.1. The fourth-order valence-corrected chi connectivity index (χ4v) is 6.50. The number of aromatic nitrogens is 4. The lowest BCUT2D eigenvalue weighted by molar-refractivity contribution is 1.19. The van der Waals surface area contributed by atoms with E-state index in [2.05, 4.69) is 125 Å². The number of benzene rings is 6. The van der Waals surface area contributed by atoms with Crippen LogP contribution in [-0.2, 0) is 0 Å². The zero-order valence-electron chi connectivity index (χ0n) is 27.1. The summed E-state index contributed by atoms with van der Waals surface area (Å²) in [4.78, 5) is 17.3. The highest BCUT2D eigenvalue weighted by Crippen LogP contribution is 2.38. The third kappa shape index (κ3) is 5.57. The third-order valence-electron chi connectivity index (χ3n) is 9.03. The fourth-order valence-electron chi connectivity index (χ4n) is 6.50. The van der Waals surface area contributed by atoms with Gasteiger partial charge in [0.2, 0.25) is 0 Å². The monoisotopic (exact) mass is 641 g/mol. The molecule has 50 heavy (non-hydrogen) atoms. The maximum absolute atomic E-state index is 5.12. The number of imidazole rings is 1. The Morgan fingerprint density at radius 3 is 1.36 bits per heavy atom. The van der Waals surface area contributed by atoms with Crippen molar-refractivity contribution in [2.24, 2.45) is 0 Å². The Morgan fingerprint density at radius 1 is 0.360 bits per heavy atom. The number of anilines is 3. The summed E-state index contributed by atoms with van der Waals surface area (Å²) in [6, 6.07) is 60.9. The van der Waals surface area contributed by atoms with Gasteiger partial charge in [-0.2, -0.15) is 0 Å². The van der Waals surface area contributed by atoms with Crippen LogP contribution in [0.25, 0.3) is 61.6 Å². The topological polar surface area (TPSA) is 46.3 Å². The molecule has 236 valence electrons. The molecule has 0 unspecified atom stereocenters. The van der Waals surface area contributed by atoms with E-state index in [-0.39, 0.29) is 0 Å². The molecular formula is C45H31N5. The molecule has 6 aromatic carbocycles. The second-order valence-electron chi connectivity index (χ2n) is 12.2. The van der Waals surface area contributed by atoms with Gasteiger partial charge in [-0.3, -0.25) is 0 Å². The highest BCUT2D eigenvalue weighted by atomic mass is 15.1. The largest absolute Gasteiger partial charge is 0.311 e. The van der Waals surface area contributed by atoms with Crippen molar-refractivity contribution in [3.05, 3.63) is 188 Å². The Balaban J connectivity index is 1.12. The molecule has 5 heteroatoms. The third-order valence-corrected chi connectivity index (χ3v) is 9.03. The zero-order chi connectivity index (χ0) is 33.3. The minimum absolute atomic E-state index is 0.858. The molecule has 0 aliphatic heterocycles. The summed E-state index contributed by atoms with van der Waals surface area (Å²) in [7, 11) is 0. The van der Waals surface area contributed by atoms with Gasteiger partial charge in [-0.1, -0.05) is 115 Å². The van der Waals surface area contributed by atoms with Crippen molar-refractivity contribution in [1.29, 1.82) is 0 Å². The Kier molecular flexibility index (Phi) is 7.41. The Labute approximate surface area is 290 Å². The molecule has 0 radical (unpaired) electrons. The molecule has 0 N–H and O–H groups in total. The van der Waals surface area contributed by atoms with E-state index in [1.807, 2.05) is 72.9 Å². The molecule has 0 saturated carbocycles. The van der Waals surface area contributed by atoms with Crippen LogP contribution in [-0.4, -0.2) is 19.4 Å². The smallest absolute Gasteiger partial charge is 0.137 e. The van der Waals surface area contributed by atoms with Crippen molar-refractivity contribution in [3.8, 4) is 44.9 Å². The van der Waals surface area contributed by atoms with Crippen molar-refractivity contribution in [2.45, 2.75) is 0 Å². The lowest BCUT2D eigenvalue weighted by Crippen LogP contribution is -2.10. The van der Waals surface area contributed by atoms with E-state index in [9.17, 15) is 0 Å². The fraction of sp³-hybridized carbons (Fsp3) is 0. The van der Waals surface area contributed by atoms with E-state index in [4.69, 9.17) is 15.0 Å². The minimum Gasteiger partial charge on any atom is -0.311 e. The molecule has 3 heterocycles. The predicted octanol–water partition coefficient (Wildman–Crippen LogP) is 11.4. The Morgan fingerprint density at radius 2 is 0.800 bits per heavy atom. The summed E-state index contributed by atoms with van der Waals surface area (Å²) >= 11 is 0. The first-order valence-electron chi connectivity index (χ1n) is 16.7. The molecule has 0 fully saturated rings. The van der Waals surface area contributed by atoms with Crippen LogP contribution in [0.5, 0.6) is 0 Å². The first-order valence-corrected chi connectivity index (χ1v) is 16.7. The summed E-state index contributed by atoms with van der Waals surface area (Å²) in [5, 5.41) is 0. The second-order valence-corrected chi connectivity index (χ2v) is 12.2. The summed E-state index contributed by atoms with van der Waals surface area (Å²) in [5.41, 5.74) is 14.0. The summed E-state index contributed by atoms with van der Waals surface area (Å²) < 4.78 is 2.05. The average molecular weight is 642 g/mol. The molecule has 0 amide bonds. The molecule has 0 aliphatic rings. The van der Waals surface area contributed by atoms with Crippen LogP contribution in [0.4, 0.5) is 17.1 Å². The number of fused-ring (bicyclic) bond motifs is 2. The van der Waals surface area contributed by atoms with E-state index in [0.29, 0.717) is 0 Å². The van der Waals surface area contributed by atoms with Crippen LogP contribution in [0.1, 0.15) is 0 Å². The lowest BCUT2D eigenvalue weighted by atomic mass is 10.0. The van der Waals surface area contributed by atoms with Crippen LogP contribution < -0.4 is 4.90 Å². The van der Waals surface area contributed by atoms with Crippen molar-refractivity contribution >= 4 is 33.7 Å². The van der Waals surface area contributed by atoms with Crippen LogP contribution in [0.3, 0.4) is 0 Å².